The Kier molecular flexibility index (Phi) is 4.97. The molecule has 0 atom stereocenters. The second-order valence-electron chi connectivity index (χ2n) is 3.82. The Labute approximate surface area is 118 Å². The molecule has 2 aromatic rings. The van der Waals surface area contributed by atoms with Gasteiger partial charge in [-0.15, -0.1) is 0 Å². The molecule has 0 bridgehead atoms. The maximum absolute atomic E-state index is 5.84. The van der Waals surface area contributed by atoms with E-state index < -0.39 is 6.64 Å². The molecule has 1 N–H and O–H groups in total. The van der Waals surface area contributed by atoms with Crippen molar-refractivity contribution in [3.05, 3.63) is 60.7 Å². The molecule has 0 aliphatic heterocycles. The highest BCUT2D eigenvalue weighted by Gasteiger charge is 2.21. The van der Waals surface area contributed by atoms with Crippen molar-refractivity contribution in [3.63, 3.8) is 0 Å². The highest BCUT2D eigenvalue weighted by Crippen LogP contribution is 2.44. The minimum atomic E-state index is -2.58. The molecule has 0 amide bonds. The highest BCUT2D eigenvalue weighted by atomic mass is 32.5. The van der Waals surface area contributed by atoms with E-state index in [1.165, 1.54) is 0 Å². The van der Waals surface area contributed by atoms with Gasteiger partial charge in [-0.3, -0.25) is 0 Å². The van der Waals surface area contributed by atoms with Crippen molar-refractivity contribution in [2.75, 3.05) is 6.54 Å². The molecule has 3 nitrogen and oxygen atoms in total. The zero-order valence-corrected chi connectivity index (χ0v) is 12.4. The lowest BCUT2D eigenvalue weighted by Crippen LogP contribution is -2.17. The SMILES string of the molecule is CCNP(=S)(Oc1ccccc1)Oc1ccccc1. The van der Waals surface area contributed by atoms with Crippen LogP contribution in [0.3, 0.4) is 0 Å². The summed E-state index contributed by atoms with van der Waals surface area (Å²) in [5.74, 6) is 1.42. The molecule has 0 aliphatic carbocycles. The Bertz CT molecular complexity index is 502. The first-order chi connectivity index (χ1) is 9.22. The largest absolute Gasteiger partial charge is 0.425 e. The first kappa shape index (κ1) is 14.1. The topological polar surface area (TPSA) is 30.5 Å². The number of rotatable bonds is 6. The summed E-state index contributed by atoms with van der Waals surface area (Å²) in [4.78, 5) is 0. The van der Waals surface area contributed by atoms with Gasteiger partial charge in [0.1, 0.15) is 11.5 Å². The molecule has 0 unspecified atom stereocenters. The Balaban J connectivity index is 2.16. The van der Waals surface area contributed by atoms with Gasteiger partial charge in [-0.1, -0.05) is 43.3 Å². The van der Waals surface area contributed by atoms with E-state index in [2.05, 4.69) is 5.09 Å². The van der Waals surface area contributed by atoms with Gasteiger partial charge < -0.3 is 9.05 Å². The number of para-hydroxylation sites is 2. The van der Waals surface area contributed by atoms with E-state index in [0.29, 0.717) is 18.0 Å². The zero-order chi connectivity index (χ0) is 13.6. The summed E-state index contributed by atoms with van der Waals surface area (Å²) in [6, 6.07) is 19.0. The fourth-order valence-electron chi connectivity index (χ4n) is 1.52. The second-order valence-corrected chi connectivity index (χ2v) is 6.94. The summed E-state index contributed by atoms with van der Waals surface area (Å²) in [6.45, 7) is 0.0876. The molecule has 19 heavy (non-hydrogen) atoms. The minimum Gasteiger partial charge on any atom is -0.425 e. The summed E-state index contributed by atoms with van der Waals surface area (Å²) in [7, 11) is 0. The van der Waals surface area contributed by atoms with Crippen LogP contribution in [0.25, 0.3) is 0 Å². The number of hydrogen-bond acceptors (Lipinski definition) is 3. The van der Waals surface area contributed by atoms with E-state index in [4.69, 9.17) is 20.9 Å². The van der Waals surface area contributed by atoms with Gasteiger partial charge in [-0.2, -0.15) is 0 Å². The third-order valence-electron chi connectivity index (χ3n) is 2.29. The Morgan fingerprint density at radius 2 is 1.32 bits per heavy atom. The molecule has 0 spiro atoms. The smallest absolute Gasteiger partial charge is 0.365 e. The minimum absolute atomic E-state index is 0.691. The summed E-state index contributed by atoms with van der Waals surface area (Å²) in [6.07, 6.45) is 0. The van der Waals surface area contributed by atoms with Gasteiger partial charge in [0.25, 0.3) is 0 Å². The molecule has 0 aromatic heterocycles. The average Bonchev–Trinajstić information content (AvgIpc) is 2.41. The molecule has 0 saturated heterocycles. The molecule has 5 heteroatoms. The van der Waals surface area contributed by atoms with Gasteiger partial charge in [0, 0.05) is 18.4 Å². The van der Waals surface area contributed by atoms with Crippen LogP contribution in [0.4, 0.5) is 0 Å². The Morgan fingerprint density at radius 1 is 0.895 bits per heavy atom. The van der Waals surface area contributed by atoms with Crippen LogP contribution in [0.1, 0.15) is 6.92 Å². The first-order valence-corrected chi connectivity index (χ1v) is 8.70. The standard InChI is InChI=1S/C14H16NO2PS/c1-2-15-18(19,16-13-9-5-3-6-10-13)17-14-11-7-4-8-12-14/h3-12H,2H2,1H3,(H,15,19). The van der Waals surface area contributed by atoms with Crippen molar-refractivity contribution < 1.29 is 9.05 Å². The first-order valence-electron chi connectivity index (χ1n) is 6.06. The molecular formula is C14H16NO2PS. The number of benzene rings is 2. The quantitative estimate of drug-likeness (QED) is 0.816. The van der Waals surface area contributed by atoms with Gasteiger partial charge in [-0.05, 0) is 24.3 Å². The lowest BCUT2D eigenvalue weighted by Gasteiger charge is -2.23. The van der Waals surface area contributed by atoms with E-state index in [9.17, 15) is 0 Å². The van der Waals surface area contributed by atoms with Crippen molar-refractivity contribution >= 4 is 18.4 Å². The third-order valence-corrected chi connectivity index (χ3v) is 4.73. The van der Waals surface area contributed by atoms with E-state index in [1.54, 1.807) is 0 Å². The lowest BCUT2D eigenvalue weighted by molar-refractivity contribution is 0.472. The molecule has 0 radical (unpaired) electrons. The predicted octanol–water partition coefficient (Wildman–Crippen LogP) is 3.98. The van der Waals surface area contributed by atoms with Gasteiger partial charge in [0.05, 0.1) is 0 Å². The van der Waals surface area contributed by atoms with E-state index in [1.807, 2.05) is 67.6 Å². The summed E-state index contributed by atoms with van der Waals surface area (Å²) in [5, 5.41) is 3.14. The van der Waals surface area contributed by atoms with Crippen molar-refractivity contribution in [1.82, 2.24) is 5.09 Å². The lowest BCUT2D eigenvalue weighted by atomic mass is 10.3. The monoisotopic (exact) mass is 293 g/mol. The van der Waals surface area contributed by atoms with Crippen molar-refractivity contribution in [3.8, 4) is 11.5 Å². The molecule has 0 fully saturated rings. The average molecular weight is 293 g/mol. The summed E-state index contributed by atoms with van der Waals surface area (Å²) in [5.41, 5.74) is 0. The van der Waals surface area contributed by atoms with Crippen LogP contribution in [-0.2, 0) is 11.8 Å². The van der Waals surface area contributed by atoms with Crippen LogP contribution in [0, 0.1) is 0 Å². The summed E-state index contributed by atoms with van der Waals surface area (Å²) >= 11 is 5.52. The maximum atomic E-state index is 5.84. The van der Waals surface area contributed by atoms with E-state index >= 15 is 0 Å². The molecular weight excluding hydrogens is 277 g/mol. The molecule has 0 saturated carbocycles. The van der Waals surface area contributed by atoms with Crippen LogP contribution < -0.4 is 14.1 Å². The zero-order valence-electron chi connectivity index (χ0n) is 10.7. The number of nitrogens with one attached hydrogen (secondary N) is 1. The van der Waals surface area contributed by atoms with E-state index in [0.717, 1.165) is 0 Å². The molecule has 2 rings (SSSR count). The summed E-state index contributed by atoms with van der Waals surface area (Å²) < 4.78 is 11.7. The van der Waals surface area contributed by atoms with Gasteiger partial charge in [0.2, 0.25) is 0 Å². The fourth-order valence-corrected chi connectivity index (χ4v) is 3.77. The van der Waals surface area contributed by atoms with Crippen molar-refractivity contribution in [2.24, 2.45) is 0 Å². The highest BCUT2D eigenvalue weighted by molar-refractivity contribution is 8.09. The molecule has 0 aliphatic rings. The predicted molar refractivity (Wildman–Crippen MR) is 82.1 cm³/mol. The van der Waals surface area contributed by atoms with Gasteiger partial charge in [0.15, 0.2) is 0 Å². The fraction of sp³-hybridized carbons (Fsp3) is 0.143. The van der Waals surface area contributed by atoms with Crippen LogP contribution >= 0.6 is 6.64 Å². The molecule has 2 aromatic carbocycles. The maximum Gasteiger partial charge on any atom is 0.365 e. The van der Waals surface area contributed by atoms with E-state index in [-0.39, 0.29) is 0 Å². The second kappa shape index (κ2) is 6.71. The van der Waals surface area contributed by atoms with Crippen LogP contribution in [0.15, 0.2) is 60.7 Å². The van der Waals surface area contributed by atoms with Crippen LogP contribution in [0.2, 0.25) is 0 Å². The Hall–Kier alpha value is -1.35. The van der Waals surface area contributed by atoms with Crippen LogP contribution in [-0.4, -0.2) is 6.54 Å². The normalized spacial score (nSPS) is 11.0. The van der Waals surface area contributed by atoms with Gasteiger partial charge in [-0.25, -0.2) is 5.09 Å². The van der Waals surface area contributed by atoms with Crippen LogP contribution in [0.5, 0.6) is 11.5 Å². The number of hydrogen-bond donors (Lipinski definition) is 1. The Morgan fingerprint density at radius 3 is 1.68 bits per heavy atom. The molecule has 100 valence electrons. The van der Waals surface area contributed by atoms with Crippen molar-refractivity contribution in [2.45, 2.75) is 6.92 Å². The van der Waals surface area contributed by atoms with Crippen molar-refractivity contribution in [1.29, 1.82) is 0 Å². The third kappa shape index (κ3) is 4.35. The molecule has 0 heterocycles. The van der Waals surface area contributed by atoms with Gasteiger partial charge >= 0.3 is 6.64 Å².